The van der Waals surface area contributed by atoms with Gasteiger partial charge in [0, 0.05) is 19.0 Å². The number of alkyl halides is 1. The molecule has 2 rings (SSSR count). The predicted molar refractivity (Wildman–Crippen MR) is 80.6 cm³/mol. The number of benzene rings is 1. The summed E-state index contributed by atoms with van der Waals surface area (Å²) in [5, 5.41) is 9.32. The van der Waals surface area contributed by atoms with Gasteiger partial charge in [0.15, 0.2) is 0 Å². The van der Waals surface area contributed by atoms with Crippen LogP contribution in [0.5, 0.6) is 0 Å². The molecule has 1 aromatic carbocycles. The standard InChI is InChI=1S/C16H21ClN2/c1-2-13-4-3-8-19(9-7-13)16-6-5-14(11-17)10-15(16)12-18/h5-6,10,13H,2-4,7-9,11H2,1H3. The van der Waals surface area contributed by atoms with Crippen molar-refractivity contribution in [1.82, 2.24) is 0 Å². The monoisotopic (exact) mass is 276 g/mol. The fraction of sp³-hybridized carbons (Fsp3) is 0.562. The van der Waals surface area contributed by atoms with E-state index in [2.05, 4.69) is 24.0 Å². The van der Waals surface area contributed by atoms with Gasteiger partial charge >= 0.3 is 0 Å². The van der Waals surface area contributed by atoms with Crippen LogP contribution >= 0.6 is 11.6 Å². The molecule has 102 valence electrons. The van der Waals surface area contributed by atoms with E-state index in [1.54, 1.807) is 0 Å². The van der Waals surface area contributed by atoms with E-state index in [4.69, 9.17) is 11.6 Å². The third-order valence-corrected chi connectivity index (χ3v) is 4.41. The average molecular weight is 277 g/mol. The summed E-state index contributed by atoms with van der Waals surface area (Å²) in [5.41, 5.74) is 2.85. The zero-order valence-corrected chi connectivity index (χ0v) is 12.3. The summed E-state index contributed by atoms with van der Waals surface area (Å²) in [6.45, 7) is 4.40. The van der Waals surface area contributed by atoms with E-state index in [0.717, 1.165) is 35.8 Å². The highest BCUT2D eigenvalue weighted by Crippen LogP contribution is 2.27. The topological polar surface area (TPSA) is 27.0 Å². The molecule has 1 aromatic rings. The number of nitriles is 1. The predicted octanol–water partition coefficient (Wildman–Crippen LogP) is 4.31. The first-order valence-electron chi connectivity index (χ1n) is 7.12. The fourth-order valence-corrected chi connectivity index (χ4v) is 3.01. The molecule has 0 amide bonds. The maximum Gasteiger partial charge on any atom is 0.101 e. The Balaban J connectivity index is 2.19. The van der Waals surface area contributed by atoms with Crippen LogP contribution in [0.2, 0.25) is 0 Å². The van der Waals surface area contributed by atoms with Crippen LogP contribution < -0.4 is 4.90 Å². The molecule has 1 aliphatic rings. The van der Waals surface area contributed by atoms with Crippen LogP contribution in [-0.4, -0.2) is 13.1 Å². The van der Waals surface area contributed by atoms with E-state index in [1.807, 2.05) is 12.1 Å². The summed E-state index contributed by atoms with van der Waals surface area (Å²) in [6.07, 6.45) is 5.04. The lowest BCUT2D eigenvalue weighted by atomic mass is 9.98. The lowest BCUT2D eigenvalue weighted by Gasteiger charge is -2.24. The minimum absolute atomic E-state index is 0.465. The molecule has 0 aliphatic carbocycles. The molecule has 19 heavy (non-hydrogen) atoms. The first-order chi connectivity index (χ1) is 9.28. The Bertz CT molecular complexity index is 464. The first kappa shape index (κ1) is 14.2. The first-order valence-corrected chi connectivity index (χ1v) is 7.65. The molecular weight excluding hydrogens is 256 g/mol. The molecular formula is C16H21ClN2. The molecule has 1 heterocycles. The Labute approximate surface area is 121 Å². The van der Waals surface area contributed by atoms with Gasteiger partial charge in [0.1, 0.15) is 6.07 Å². The molecule has 2 nitrogen and oxygen atoms in total. The number of halogens is 1. The number of rotatable bonds is 3. The molecule has 3 heteroatoms. The van der Waals surface area contributed by atoms with Gasteiger partial charge in [-0.1, -0.05) is 19.4 Å². The number of hydrogen-bond acceptors (Lipinski definition) is 2. The van der Waals surface area contributed by atoms with Crippen molar-refractivity contribution in [3.05, 3.63) is 29.3 Å². The largest absolute Gasteiger partial charge is 0.370 e. The van der Waals surface area contributed by atoms with Gasteiger partial charge in [-0.3, -0.25) is 0 Å². The molecule has 0 radical (unpaired) electrons. The summed E-state index contributed by atoms with van der Waals surface area (Å²) >= 11 is 5.83. The van der Waals surface area contributed by atoms with Crippen LogP contribution in [0, 0.1) is 17.2 Å². The van der Waals surface area contributed by atoms with E-state index in [9.17, 15) is 5.26 Å². The molecule has 0 saturated carbocycles. The van der Waals surface area contributed by atoms with Crippen molar-refractivity contribution in [1.29, 1.82) is 5.26 Å². The minimum Gasteiger partial charge on any atom is -0.370 e. The number of anilines is 1. The Morgan fingerprint density at radius 3 is 2.89 bits per heavy atom. The highest BCUT2D eigenvalue weighted by molar-refractivity contribution is 6.17. The van der Waals surface area contributed by atoms with E-state index >= 15 is 0 Å². The second kappa shape index (κ2) is 6.82. The van der Waals surface area contributed by atoms with Gasteiger partial charge in [-0.25, -0.2) is 0 Å². The summed E-state index contributed by atoms with van der Waals surface area (Å²) in [4.78, 5) is 2.37. The summed E-state index contributed by atoms with van der Waals surface area (Å²) in [5.74, 6) is 1.31. The van der Waals surface area contributed by atoms with Crippen LogP contribution in [-0.2, 0) is 5.88 Å². The van der Waals surface area contributed by atoms with Crippen molar-refractivity contribution in [2.75, 3.05) is 18.0 Å². The normalized spacial score (nSPS) is 19.8. The summed E-state index contributed by atoms with van der Waals surface area (Å²) < 4.78 is 0. The smallest absolute Gasteiger partial charge is 0.101 e. The molecule has 1 fully saturated rings. The fourth-order valence-electron chi connectivity index (χ4n) is 2.85. The third-order valence-electron chi connectivity index (χ3n) is 4.10. The maximum absolute atomic E-state index is 9.32. The zero-order chi connectivity index (χ0) is 13.7. The SMILES string of the molecule is CCC1CCCN(c2ccc(CCl)cc2C#N)CC1. The van der Waals surface area contributed by atoms with Gasteiger partial charge in [0.2, 0.25) is 0 Å². The Morgan fingerprint density at radius 2 is 2.21 bits per heavy atom. The molecule has 0 N–H and O–H groups in total. The summed E-state index contributed by atoms with van der Waals surface area (Å²) in [6, 6.07) is 8.33. The maximum atomic E-state index is 9.32. The van der Waals surface area contributed by atoms with Gasteiger partial charge in [-0.2, -0.15) is 5.26 Å². The van der Waals surface area contributed by atoms with Crippen molar-refractivity contribution >= 4 is 17.3 Å². The van der Waals surface area contributed by atoms with Crippen molar-refractivity contribution in [3.8, 4) is 6.07 Å². The van der Waals surface area contributed by atoms with Gasteiger partial charge in [-0.05, 0) is 42.9 Å². The second-order valence-corrected chi connectivity index (χ2v) is 5.56. The van der Waals surface area contributed by atoms with Crippen LogP contribution in [0.25, 0.3) is 0 Å². The lowest BCUT2D eigenvalue weighted by Crippen LogP contribution is -2.25. The molecule has 0 spiro atoms. The third kappa shape index (κ3) is 3.42. The van der Waals surface area contributed by atoms with Gasteiger partial charge in [0.05, 0.1) is 11.3 Å². The van der Waals surface area contributed by atoms with E-state index < -0.39 is 0 Å². The zero-order valence-electron chi connectivity index (χ0n) is 11.5. The second-order valence-electron chi connectivity index (χ2n) is 5.29. The highest BCUT2D eigenvalue weighted by atomic mass is 35.5. The summed E-state index contributed by atoms with van der Waals surface area (Å²) in [7, 11) is 0. The Morgan fingerprint density at radius 1 is 1.37 bits per heavy atom. The molecule has 1 unspecified atom stereocenters. The molecule has 1 saturated heterocycles. The Kier molecular flexibility index (Phi) is 5.10. The van der Waals surface area contributed by atoms with Crippen LogP contribution in [0.1, 0.15) is 43.7 Å². The molecule has 0 bridgehead atoms. The highest BCUT2D eigenvalue weighted by Gasteiger charge is 2.18. The van der Waals surface area contributed by atoms with Crippen molar-refractivity contribution < 1.29 is 0 Å². The molecule has 1 aliphatic heterocycles. The van der Waals surface area contributed by atoms with E-state index in [0.29, 0.717) is 5.88 Å². The van der Waals surface area contributed by atoms with Crippen molar-refractivity contribution in [2.45, 2.75) is 38.5 Å². The Hall–Kier alpha value is -1.20. The lowest BCUT2D eigenvalue weighted by molar-refractivity contribution is 0.459. The van der Waals surface area contributed by atoms with E-state index in [-0.39, 0.29) is 0 Å². The van der Waals surface area contributed by atoms with Gasteiger partial charge in [-0.15, -0.1) is 11.6 Å². The average Bonchev–Trinajstić information content (AvgIpc) is 2.71. The van der Waals surface area contributed by atoms with Crippen LogP contribution in [0.3, 0.4) is 0 Å². The van der Waals surface area contributed by atoms with E-state index in [1.165, 1.54) is 25.7 Å². The van der Waals surface area contributed by atoms with Crippen molar-refractivity contribution in [2.24, 2.45) is 5.92 Å². The quantitative estimate of drug-likeness (QED) is 0.769. The van der Waals surface area contributed by atoms with Crippen LogP contribution in [0.4, 0.5) is 5.69 Å². The van der Waals surface area contributed by atoms with Gasteiger partial charge < -0.3 is 4.90 Å². The van der Waals surface area contributed by atoms with Gasteiger partial charge in [0.25, 0.3) is 0 Å². The minimum atomic E-state index is 0.465. The van der Waals surface area contributed by atoms with Crippen LogP contribution in [0.15, 0.2) is 18.2 Å². The molecule has 0 aromatic heterocycles. The molecule has 1 atom stereocenters. The van der Waals surface area contributed by atoms with Crippen molar-refractivity contribution in [3.63, 3.8) is 0 Å². The number of nitrogens with zero attached hydrogens (tertiary/aromatic N) is 2. The number of hydrogen-bond donors (Lipinski definition) is 0.